The second-order valence-electron chi connectivity index (χ2n) is 6.14. The first-order chi connectivity index (χ1) is 14.0. The van der Waals surface area contributed by atoms with Gasteiger partial charge in [0.25, 0.3) is 11.8 Å². The highest BCUT2D eigenvalue weighted by molar-refractivity contribution is 5.97. The molecule has 2 amide bonds. The van der Waals surface area contributed by atoms with E-state index in [4.69, 9.17) is 14.2 Å². The van der Waals surface area contributed by atoms with Crippen LogP contribution in [0.15, 0.2) is 47.6 Å². The minimum atomic E-state index is -0.454. The van der Waals surface area contributed by atoms with Gasteiger partial charge in [0.2, 0.25) is 5.75 Å². The number of hydrogen-bond acceptors (Lipinski definition) is 6. The van der Waals surface area contributed by atoms with Crippen molar-refractivity contribution in [3.63, 3.8) is 0 Å². The predicted molar refractivity (Wildman–Crippen MR) is 110 cm³/mol. The third-order valence-corrected chi connectivity index (χ3v) is 4.01. The van der Waals surface area contributed by atoms with Gasteiger partial charge in [-0.1, -0.05) is 30.3 Å². The van der Waals surface area contributed by atoms with E-state index in [1.807, 2.05) is 37.3 Å². The van der Waals surface area contributed by atoms with Gasteiger partial charge in [0.05, 0.1) is 27.9 Å². The Bertz CT molecular complexity index is 856. The summed E-state index contributed by atoms with van der Waals surface area (Å²) in [6.45, 7) is 1.60. The molecule has 8 nitrogen and oxygen atoms in total. The molecule has 0 spiro atoms. The molecule has 2 aromatic rings. The van der Waals surface area contributed by atoms with Crippen LogP contribution in [0.25, 0.3) is 0 Å². The molecule has 0 radical (unpaired) electrons. The van der Waals surface area contributed by atoms with Gasteiger partial charge >= 0.3 is 0 Å². The molecule has 0 heterocycles. The Hall–Kier alpha value is -3.55. The van der Waals surface area contributed by atoms with Crippen LogP contribution in [0.3, 0.4) is 0 Å². The van der Waals surface area contributed by atoms with E-state index >= 15 is 0 Å². The van der Waals surface area contributed by atoms with Gasteiger partial charge in [0, 0.05) is 17.7 Å². The third kappa shape index (κ3) is 6.24. The summed E-state index contributed by atoms with van der Waals surface area (Å²) >= 11 is 0. The number of rotatable bonds is 9. The lowest BCUT2D eigenvalue weighted by Crippen LogP contribution is -2.35. The summed E-state index contributed by atoms with van der Waals surface area (Å²) in [6, 6.07) is 12.8. The molecule has 8 heteroatoms. The van der Waals surface area contributed by atoms with Gasteiger partial charge in [-0.15, -0.1) is 0 Å². The number of methoxy groups -OCH3 is 3. The largest absolute Gasteiger partial charge is 0.493 e. The summed E-state index contributed by atoms with van der Waals surface area (Å²) in [4.78, 5) is 24.4. The molecule has 0 fully saturated rings. The maximum Gasteiger partial charge on any atom is 0.259 e. The molecule has 0 atom stereocenters. The minimum absolute atomic E-state index is 0.225. The van der Waals surface area contributed by atoms with E-state index in [1.54, 1.807) is 0 Å². The van der Waals surface area contributed by atoms with Crippen molar-refractivity contribution in [3.8, 4) is 17.2 Å². The van der Waals surface area contributed by atoms with Crippen molar-refractivity contribution < 1.29 is 23.8 Å². The first kappa shape index (κ1) is 21.7. The molecule has 154 valence electrons. The molecule has 2 aromatic carbocycles. The summed E-state index contributed by atoms with van der Waals surface area (Å²) in [7, 11) is 4.40. The van der Waals surface area contributed by atoms with Crippen molar-refractivity contribution in [2.24, 2.45) is 5.10 Å². The number of ether oxygens (including phenoxy) is 3. The number of nitrogens with zero attached hydrogens (tertiary/aromatic N) is 1. The van der Waals surface area contributed by atoms with E-state index in [0.29, 0.717) is 23.7 Å². The van der Waals surface area contributed by atoms with Crippen LogP contribution in [0.4, 0.5) is 0 Å². The topological polar surface area (TPSA) is 98.2 Å². The van der Waals surface area contributed by atoms with Crippen LogP contribution in [0, 0.1) is 0 Å². The molecule has 0 aliphatic heterocycles. The zero-order chi connectivity index (χ0) is 21.2. The van der Waals surface area contributed by atoms with Crippen LogP contribution < -0.4 is 25.0 Å². The summed E-state index contributed by atoms with van der Waals surface area (Å²) in [5.74, 6) is 0.195. The highest BCUT2D eigenvalue weighted by Crippen LogP contribution is 2.38. The second-order valence-corrected chi connectivity index (χ2v) is 6.14. The molecular formula is C21H25N3O5. The van der Waals surface area contributed by atoms with E-state index in [1.165, 1.54) is 33.5 Å². The maximum absolute atomic E-state index is 12.4. The molecule has 2 N–H and O–H groups in total. The van der Waals surface area contributed by atoms with E-state index < -0.39 is 11.8 Å². The van der Waals surface area contributed by atoms with Crippen LogP contribution in [-0.2, 0) is 11.2 Å². The van der Waals surface area contributed by atoms with Crippen LogP contribution in [0.1, 0.15) is 22.8 Å². The van der Waals surface area contributed by atoms with Gasteiger partial charge in [-0.05, 0) is 24.6 Å². The van der Waals surface area contributed by atoms with Crippen LogP contribution in [-0.4, -0.2) is 45.4 Å². The van der Waals surface area contributed by atoms with Gasteiger partial charge < -0.3 is 19.5 Å². The number of amides is 2. The van der Waals surface area contributed by atoms with Crippen molar-refractivity contribution >= 4 is 17.5 Å². The molecule has 2 rings (SSSR count). The zero-order valence-electron chi connectivity index (χ0n) is 16.9. The Morgan fingerprint density at radius 1 is 0.966 bits per heavy atom. The quantitative estimate of drug-likeness (QED) is 0.497. The van der Waals surface area contributed by atoms with Gasteiger partial charge in [0.15, 0.2) is 11.5 Å². The Kier molecular flexibility index (Phi) is 8.02. The van der Waals surface area contributed by atoms with Gasteiger partial charge in [-0.25, -0.2) is 5.43 Å². The second kappa shape index (κ2) is 10.7. The smallest absolute Gasteiger partial charge is 0.259 e. The maximum atomic E-state index is 12.4. The monoisotopic (exact) mass is 399 g/mol. The summed E-state index contributed by atoms with van der Waals surface area (Å²) in [5.41, 5.74) is 4.56. The minimum Gasteiger partial charge on any atom is -0.493 e. The molecule has 0 bridgehead atoms. The molecule has 0 aromatic heterocycles. The van der Waals surface area contributed by atoms with Crippen molar-refractivity contribution in [3.05, 3.63) is 53.6 Å². The highest BCUT2D eigenvalue weighted by Gasteiger charge is 2.17. The van der Waals surface area contributed by atoms with Gasteiger partial charge in [0.1, 0.15) is 0 Å². The average molecular weight is 399 g/mol. The number of hydrogen-bond donors (Lipinski definition) is 2. The normalized spacial score (nSPS) is 10.8. The number of carbonyl (C=O) groups is 2. The highest BCUT2D eigenvalue weighted by atomic mass is 16.5. The molecule has 0 aliphatic carbocycles. The molecule has 29 heavy (non-hydrogen) atoms. The lowest BCUT2D eigenvalue weighted by atomic mass is 10.1. The van der Waals surface area contributed by atoms with Crippen LogP contribution in [0.5, 0.6) is 17.2 Å². The molecule has 0 unspecified atom stereocenters. The Morgan fingerprint density at radius 3 is 2.14 bits per heavy atom. The Labute approximate surface area is 169 Å². The van der Waals surface area contributed by atoms with Crippen molar-refractivity contribution in [2.45, 2.75) is 13.3 Å². The van der Waals surface area contributed by atoms with Crippen molar-refractivity contribution in [1.29, 1.82) is 0 Å². The van der Waals surface area contributed by atoms with Crippen LogP contribution in [0.2, 0.25) is 0 Å². The van der Waals surface area contributed by atoms with E-state index in [9.17, 15) is 9.59 Å². The van der Waals surface area contributed by atoms with Crippen molar-refractivity contribution in [2.75, 3.05) is 27.9 Å². The van der Waals surface area contributed by atoms with E-state index in [-0.39, 0.29) is 12.1 Å². The number of hydrazone groups is 1. The number of benzene rings is 2. The average Bonchev–Trinajstić information content (AvgIpc) is 2.75. The fourth-order valence-corrected chi connectivity index (χ4v) is 2.60. The molecular weight excluding hydrogens is 374 g/mol. The number of carbonyl (C=O) groups excluding carboxylic acids is 2. The molecule has 0 aliphatic rings. The third-order valence-electron chi connectivity index (χ3n) is 4.01. The zero-order valence-corrected chi connectivity index (χ0v) is 16.9. The van der Waals surface area contributed by atoms with Gasteiger partial charge in [-0.2, -0.15) is 5.10 Å². The first-order valence-corrected chi connectivity index (χ1v) is 8.92. The Balaban J connectivity index is 1.93. The first-order valence-electron chi connectivity index (χ1n) is 8.92. The van der Waals surface area contributed by atoms with E-state index in [2.05, 4.69) is 15.8 Å². The summed E-state index contributed by atoms with van der Waals surface area (Å²) in [5, 5.41) is 6.60. The molecule has 0 saturated carbocycles. The SMILES string of the molecule is COc1cc(C(=O)NCC(=O)NN=C(C)Cc2ccccc2)cc(OC)c1OC. The molecule has 0 saturated heterocycles. The lowest BCUT2D eigenvalue weighted by molar-refractivity contribution is -0.120. The Morgan fingerprint density at radius 2 is 1.59 bits per heavy atom. The van der Waals surface area contributed by atoms with Gasteiger partial charge in [-0.3, -0.25) is 9.59 Å². The fraction of sp³-hybridized carbons (Fsp3) is 0.286. The van der Waals surface area contributed by atoms with E-state index in [0.717, 1.165) is 11.3 Å². The number of nitrogens with one attached hydrogen (secondary N) is 2. The lowest BCUT2D eigenvalue weighted by Gasteiger charge is -2.14. The summed E-state index contributed by atoms with van der Waals surface area (Å²) in [6.07, 6.45) is 0.624. The summed E-state index contributed by atoms with van der Waals surface area (Å²) < 4.78 is 15.7. The van der Waals surface area contributed by atoms with Crippen LogP contribution >= 0.6 is 0 Å². The standard InChI is InChI=1S/C21H25N3O5/c1-14(10-15-8-6-5-7-9-15)23-24-19(25)13-22-21(26)16-11-17(27-2)20(29-4)18(12-16)28-3/h5-9,11-12H,10,13H2,1-4H3,(H,22,26)(H,24,25). The predicted octanol–water partition coefficient (Wildman–Crippen LogP) is 2.18. The van der Waals surface area contributed by atoms with Crippen molar-refractivity contribution in [1.82, 2.24) is 10.7 Å². The fourth-order valence-electron chi connectivity index (χ4n) is 2.60.